The molecule has 1 aromatic heterocycles. The Labute approximate surface area is 148 Å². The number of nitrogens with one attached hydrogen (secondary N) is 1. The third kappa shape index (κ3) is 5.18. The third-order valence-corrected chi connectivity index (χ3v) is 4.75. The molecule has 2 heterocycles. The van der Waals surface area contributed by atoms with Gasteiger partial charge in [0.25, 0.3) is 0 Å². The van der Waals surface area contributed by atoms with E-state index in [1.165, 1.54) is 0 Å². The average Bonchev–Trinajstić information content (AvgIpc) is 3.00. The van der Waals surface area contributed by atoms with E-state index < -0.39 is 6.10 Å². The Morgan fingerprint density at radius 1 is 1.28 bits per heavy atom. The number of β-amino-alcohol motifs (C(OH)–C–C–N with tert-alkyl or cyclic N) is 1. The van der Waals surface area contributed by atoms with Crippen molar-refractivity contribution in [3.63, 3.8) is 0 Å². The summed E-state index contributed by atoms with van der Waals surface area (Å²) < 4.78 is 5.60. The molecule has 5 nitrogen and oxygen atoms in total. The molecule has 0 radical (unpaired) electrons. The molecule has 25 heavy (non-hydrogen) atoms. The van der Waals surface area contributed by atoms with Gasteiger partial charge in [-0.3, -0.25) is 9.69 Å². The first-order valence-corrected chi connectivity index (χ1v) is 8.86. The number of rotatable bonds is 6. The highest BCUT2D eigenvalue weighted by Crippen LogP contribution is 2.20. The summed E-state index contributed by atoms with van der Waals surface area (Å²) in [6, 6.07) is 13.6. The number of amides is 1. The minimum atomic E-state index is -0.429. The maximum Gasteiger partial charge on any atom is 0.224 e. The quantitative estimate of drug-likeness (QED) is 0.844. The third-order valence-electron chi connectivity index (χ3n) is 4.75. The Balaban J connectivity index is 1.41. The molecule has 2 atom stereocenters. The van der Waals surface area contributed by atoms with E-state index in [2.05, 4.69) is 10.2 Å². The van der Waals surface area contributed by atoms with E-state index >= 15 is 0 Å². The van der Waals surface area contributed by atoms with Gasteiger partial charge in [-0.15, -0.1) is 0 Å². The number of furan rings is 1. The standard InChI is InChI=1S/C20H26N2O3/c1-15-7-8-18(25-15)13-22-10-9-17(19(23)14-22)12-21-20(24)11-16-5-3-2-4-6-16/h2-8,17,19,23H,9-14H2,1H3,(H,21,24)/t17-,19+/m0/s1. The second-order valence-electron chi connectivity index (χ2n) is 6.83. The van der Waals surface area contributed by atoms with Crippen molar-refractivity contribution < 1.29 is 14.3 Å². The van der Waals surface area contributed by atoms with E-state index in [0.717, 1.165) is 36.6 Å². The normalized spacial score (nSPS) is 21.2. The van der Waals surface area contributed by atoms with Crippen LogP contribution in [0.2, 0.25) is 0 Å². The van der Waals surface area contributed by atoms with Crippen molar-refractivity contribution >= 4 is 5.91 Å². The lowest BCUT2D eigenvalue weighted by atomic mass is 9.93. The number of carbonyl (C=O) groups excluding carboxylic acids is 1. The SMILES string of the molecule is Cc1ccc(CN2CC[C@@H](CNC(=O)Cc3ccccc3)[C@H](O)C2)o1. The first-order chi connectivity index (χ1) is 12.1. The predicted molar refractivity (Wildman–Crippen MR) is 96.0 cm³/mol. The van der Waals surface area contributed by atoms with Crippen LogP contribution in [0.1, 0.15) is 23.5 Å². The smallest absolute Gasteiger partial charge is 0.224 e. The van der Waals surface area contributed by atoms with Crippen LogP contribution >= 0.6 is 0 Å². The summed E-state index contributed by atoms with van der Waals surface area (Å²) in [6.45, 7) is 4.69. The molecule has 0 bridgehead atoms. The van der Waals surface area contributed by atoms with Gasteiger partial charge in [0, 0.05) is 19.0 Å². The van der Waals surface area contributed by atoms with Crippen LogP contribution in [-0.4, -0.2) is 41.7 Å². The lowest BCUT2D eigenvalue weighted by molar-refractivity contribution is -0.121. The number of aryl methyl sites for hydroxylation is 1. The van der Waals surface area contributed by atoms with Crippen LogP contribution < -0.4 is 5.32 Å². The lowest BCUT2D eigenvalue weighted by Crippen LogP contribution is -2.47. The first-order valence-electron chi connectivity index (χ1n) is 8.86. The summed E-state index contributed by atoms with van der Waals surface area (Å²) in [6.07, 6.45) is 0.821. The molecule has 0 unspecified atom stereocenters. The van der Waals surface area contributed by atoms with Gasteiger partial charge in [-0.2, -0.15) is 0 Å². The molecule has 134 valence electrons. The predicted octanol–water partition coefficient (Wildman–Crippen LogP) is 2.13. The Morgan fingerprint density at radius 2 is 2.08 bits per heavy atom. The highest BCUT2D eigenvalue weighted by Gasteiger charge is 2.28. The molecular weight excluding hydrogens is 316 g/mol. The van der Waals surface area contributed by atoms with Crippen LogP contribution in [0.3, 0.4) is 0 Å². The van der Waals surface area contributed by atoms with Gasteiger partial charge in [0.2, 0.25) is 5.91 Å². The van der Waals surface area contributed by atoms with Crippen molar-refractivity contribution in [3.8, 4) is 0 Å². The lowest BCUT2D eigenvalue weighted by Gasteiger charge is -2.35. The molecule has 1 amide bonds. The Morgan fingerprint density at radius 3 is 2.76 bits per heavy atom. The molecule has 1 fully saturated rings. The van der Waals surface area contributed by atoms with Gasteiger partial charge < -0.3 is 14.8 Å². The molecular formula is C20H26N2O3. The number of aliphatic hydroxyl groups excluding tert-OH is 1. The van der Waals surface area contributed by atoms with Gasteiger partial charge in [0.15, 0.2) is 0 Å². The molecule has 2 aromatic rings. The molecule has 1 aromatic carbocycles. The van der Waals surface area contributed by atoms with E-state index in [0.29, 0.717) is 19.5 Å². The molecule has 0 aliphatic carbocycles. The molecule has 1 saturated heterocycles. The fourth-order valence-corrected chi connectivity index (χ4v) is 3.31. The highest BCUT2D eigenvalue weighted by molar-refractivity contribution is 5.78. The van der Waals surface area contributed by atoms with Gasteiger partial charge in [-0.25, -0.2) is 0 Å². The van der Waals surface area contributed by atoms with Crippen molar-refractivity contribution in [1.29, 1.82) is 0 Å². The van der Waals surface area contributed by atoms with Crippen molar-refractivity contribution in [2.45, 2.75) is 32.4 Å². The maximum absolute atomic E-state index is 12.1. The summed E-state index contributed by atoms with van der Waals surface area (Å²) in [5, 5.41) is 13.4. The second kappa shape index (κ2) is 8.32. The fourth-order valence-electron chi connectivity index (χ4n) is 3.31. The molecule has 0 spiro atoms. The summed E-state index contributed by atoms with van der Waals surface area (Å²) >= 11 is 0. The number of carbonyl (C=O) groups is 1. The summed E-state index contributed by atoms with van der Waals surface area (Å²) in [5.74, 6) is 1.95. The molecule has 1 aliphatic rings. The Bertz CT molecular complexity index is 683. The van der Waals surface area contributed by atoms with Crippen LogP contribution in [0.25, 0.3) is 0 Å². The van der Waals surface area contributed by atoms with Gasteiger partial charge in [0.1, 0.15) is 11.5 Å². The van der Waals surface area contributed by atoms with Crippen molar-refractivity contribution in [3.05, 3.63) is 59.5 Å². The van der Waals surface area contributed by atoms with Gasteiger partial charge in [-0.05, 0) is 37.6 Å². The second-order valence-corrected chi connectivity index (χ2v) is 6.83. The van der Waals surface area contributed by atoms with Crippen LogP contribution in [-0.2, 0) is 17.8 Å². The molecule has 3 rings (SSSR count). The number of hydrogen-bond acceptors (Lipinski definition) is 4. The fraction of sp³-hybridized carbons (Fsp3) is 0.450. The summed E-state index contributed by atoms with van der Waals surface area (Å²) in [4.78, 5) is 14.3. The molecule has 2 N–H and O–H groups in total. The van der Waals surface area contributed by atoms with Crippen molar-refractivity contribution in [2.24, 2.45) is 5.92 Å². The largest absolute Gasteiger partial charge is 0.465 e. The molecule has 5 heteroatoms. The zero-order valence-electron chi connectivity index (χ0n) is 14.6. The molecule has 1 aliphatic heterocycles. The van der Waals surface area contributed by atoms with Crippen LogP contribution in [0.5, 0.6) is 0 Å². The van der Waals surface area contributed by atoms with Crippen LogP contribution in [0.15, 0.2) is 46.9 Å². The number of likely N-dealkylation sites (tertiary alicyclic amines) is 1. The Kier molecular flexibility index (Phi) is 5.89. The van der Waals surface area contributed by atoms with Crippen molar-refractivity contribution in [1.82, 2.24) is 10.2 Å². The summed E-state index contributed by atoms with van der Waals surface area (Å²) in [7, 11) is 0. The Hall–Kier alpha value is -2.11. The first kappa shape index (κ1) is 17.7. The van der Waals surface area contributed by atoms with E-state index in [4.69, 9.17) is 4.42 Å². The highest BCUT2D eigenvalue weighted by atomic mass is 16.3. The number of benzene rings is 1. The summed E-state index contributed by atoms with van der Waals surface area (Å²) in [5.41, 5.74) is 1.00. The number of hydrogen-bond donors (Lipinski definition) is 2. The van der Waals surface area contributed by atoms with E-state index in [1.807, 2.05) is 49.4 Å². The minimum Gasteiger partial charge on any atom is -0.465 e. The van der Waals surface area contributed by atoms with Crippen LogP contribution in [0, 0.1) is 12.8 Å². The average molecular weight is 342 g/mol. The van der Waals surface area contributed by atoms with Gasteiger partial charge >= 0.3 is 0 Å². The van der Waals surface area contributed by atoms with E-state index in [1.54, 1.807) is 0 Å². The number of piperidine rings is 1. The van der Waals surface area contributed by atoms with Gasteiger partial charge in [0.05, 0.1) is 19.1 Å². The minimum absolute atomic E-state index is 0.00638. The monoisotopic (exact) mass is 342 g/mol. The molecule has 0 saturated carbocycles. The zero-order valence-corrected chi connectivity index (χ0v) is 14.6. The van der Waals surface area contributed by atoms with E-state index in [9.17, 15) is 9.90 Å². The number of aliphatic hydroxyl groups is 1. The van der Waals surface area contributed by atoms with Crippen LogP contribution in [0.4, 0.5) is 0 Å². The number of nitrogens with zero attached hydrogens (tertiary/aromatic N) is 1. The maximum atomic E-state index is 12.1. The zero-order chi connectivity index (χ0) is 17.6. The van der Waals surface area contributed by atoms with E-state index in [-0.39, 0.29) is 11.8 Å². The van der Waals surface area contributed by atoms with Crippen molar-refractivity contribution in [2.75, 3.05) is 19.6 Å². The van der Waals surface area contributed by atoms with Gasteiger partial charge in [-0.1, -0.05) is 30.3 Å². The topological polar surface area (TPSA) is 65.7 Å².